The molecule has 0 amide bonds. The lowest BCUT2D eigenvalue weighted by molar-refractivity contribution is -0.142. The van der Waals surface area contributed by atoms with Gasteiger partial charge in [0.25, 0.3) is 0 Å². The molecule has 21 heavy (non-hydrogen) atoms. The second kappa shape index (κ2) is 6.77. The summed E-state index contributed by atoms with van der Waals surface area (Å²) in [7, 11) is -3.43. The number of benzene rings is 1. The molecule has 7 heteroatoms. The van der Waals surface area contributed by atoms with Crippen molar-refractivity contribution in [2.24, 2.45) is 5.92 Å². The van der Waals surface area contributed by atoms with E-state index in [1.165, 1.54) is 0 Å². The number of sulfone groups is 1. The molecule has 0 aromatic heterocycles. The molecule has 5 nitrogen and oxygen atoms in total. The van der Waals surface area contributed by atoms with E-state index < -0.39 is 33.0 Å². The second-order valence-electron chi connectivity index (χ2n) is 5.30. The lowest BCUT2D eigenvalue weighted by Gasteiger charge is -2.21. The molecule has 0 radical (unpaired) electrons. The summed E-state index contributed by atoms with van der Waals surface area (Å²) in [6, 6.07) is 6.23. The zero-order valence-electron chi connectivity index (χ0n) is 11.9. The van der Waals surface area contributed by atoms with Gasteiger partial charge >= 0.3 is 5.97 Å². The van der Waals surface area contributed by atoms with Crippen LogP contribution in [0.5, 0.6) is 0 Å². The molecule has 2 rings (SSSR count). The fourth-order valence-corrected chi connectivity index (χ4v) is 3.85. The normalized spacial score (nSPS) is 22.0. The van der Waals surface area contributed by atoms with Crippen LogP contribution in [-0.4, -0.2) is 31.3 Å². The summed E-state index contributed by atoms with van der Waals surface area (Å²) in [5, 5.41) is 11.8. The Morgan fingerprint density at radius 1 is 1.33 bits per heavy atom. The molecule has 1 aromatic rings. The van der Waals surface area contributed by atoms with Crippen molar-refractivity contribution in [2.45, 2.75) is 36.5 Å². The van der Waals surface area contributed by atoms with Crippen LogP contribution in [0, 0.1) is 5.92 Å². The summed E-state index contributed by atoms with van der Waals surface area (Å²) in [6.07, 6.45) is 0.510. The third-order valence-corrected chi connectivity index (χ3v) is 5.95. The summed E-state index contributed by atoms with van der Waals surface area (Å²) in [5.41, 5.74) is 0.561. The lowest BCUT2D eigenvalue weighted by atomic mass is 9.94. The van der Waals surface area contributed by atoms with Crippen molar-refractivity contribution in [2.75, 3.05) is 6.54 Å². The predicted octanol–water partition coefficient (Wildman–Crippen LogP) is 2.03. The summed E-state index contributed by atoms with van der Waals surface area (Å²) in [4.78, 5) is 11.5. The van der Waals surface area contributed by atoms with Gasteiger partial charge in [-0.1, -0.05) is 18.2 Å². The molecule has 1 aromatic carbocycles. The van der Waals surface area contributed by atoms with Crippen molar-refractivity contribution < 1.29 is 18.3 Å². The topological polar surface area (TPSA) is 83.5 Å². The SMILES string of the molecule is CC(C)S(=O)(=O)c1ccccc1C1NCCC1C(=O)O.Cl. The monoisotopic (exact) mass is 333 g/mol. The number of carbonyl (C=O) groups is 1. The van der Waals surface area contributed by atoms with E-state index in [0.717, 1.165) is 0 Å². The molecule has 0 spiro atoms. The fraction of sp³-hybridized carbons (Fsp3) is 0.500. The van der Waals surface area contributed by atoms with Crippen LogP contribution < -0.4 is 5.32 Å². The van der Waals surface area contributed by atoms with Gasteiger partial charge in [-0.2, -0.15) is 0 Å². The van der Waals surface area contributed by atoms with Gasteiger partial charge in [0, 0.05) is 6.04 Å². The van der Waals surface area contributed by atoms with Crippen molar-refractivity contribution in [1.82, 2.24) is 5.32 Å². The Kier molecular flexibility index (Phi) is 5.78. The summed E-state index contributed by atoms with van der Waals surface area (Å²) < 4.78 is 24.8. The second-order valence-corrected chi connectivity index (χ2v) is 7.77. The van der Waals surface area contributed by atoms with E-state index >= 15 is 0 Å². The minimum absolute atomic E-state index is 0. The maximum absolute atomic E-state index is 12.4. The zero-order chi connectivity index (χ0) is 14.9. The molecule has 2 atom stereocenters. The van der Waals surface area contributed by atoms with Gasteiger partial charge in [0.15, 0.2) is 9.84 Å². The highest BCUT2D eigenvalue weighted by Crippen LogP contribution is 2.34. The van der Waals surface area contributed by atoms with E-state index in [9.17, 15) is 18.3 Å². The molecule has 1 saturated heterocycles. The minimum Gasteiger partial charge on any atom is -0.481 e. The van der Waals surface area contributed by atoms with Gasteiger partial charge in [-0.15, -0.1) is 12.4 Å². The Bertz CT molecular complexity index is 615. The molecular formula is C14H20ClNO4S. The first-order valence-electron chi connectivity index (χ1n) is 6.64. The van der Waals surface area contributed by atoms with Gasteiger partial charge < -0.3 is 10.4 Å². The molecule has 0 bridgehead atoms. The predicted molar refractivity (Wildman–Crippen MR) is 82.5 cm³/mol. The molecule has 0 aliphatic carbocycles. The van der Waals surface area contributed by atoms with E-state index in [2.05, 4.69) is 5.32 Å². The van der Waals surface area contributed by atoms with Gasteiger partial charge in [0.1, 0.15) is 0 Å². The van der Waals surface area contributed by atoms with Crippen molar-refractivity contribution in [3.63, 3.8) is 0 Å². The Morgan fingerprint density at radius 3 is 2.52 bits per heavy atom. The first-order chi connectivity index (χ1) is 9.35. The number of carboxylic acids is 1. The third kappa shape index (κ3) is 3.39. The summed E-state index contributed by atoms with van der Waals surface area (Å²) in [6.45, 7) is 3.84. The van der Waals surface area contributed by atoms with Crippen LogP contribution in [0.25, 0.3) is 0 Å². The summed E-state index contributed by atoms with van der Waals surface area (Å²) in [5.74, 6) is -1.48. The zero-order valence-corrected chi connectivity index (χ0v) is 13.6. The molecular weight excluding hydrogens is 314 g/mol. The van der Waals surface area contributed by atoms with E-state index in [1.54, 1.807) is 38.1 Å². The van der Waals surface area contributed by atoms with Crippen molar-refractivity contribution in [3.05, 3.63) is 29.8 Å². The number of hydrogen-bond acceptors (Lipinski definition) is 4. The first kappa shape index (κ1) is 17.9. The molecule has 1 aliphatic heterocycles. The molecule has 1 aliphatic rings. The van der Waals surface area contributed by atoms with Gasteiger partial charge in [-0.05, 0) is 38.4 Å². The Hall–Kier alpha value is -1.11. The van der Waals surface area contributed by atoms with Crippen molar-refractivity contribution >= 4 is 28.2 Å². The van der Waals surface area contributed by atoms with Gasteiger partial charge in [0.05, 0.1) is 16.1 Å². The number of halogens is 1. The van der Waals surface area contributed by atoms with E-state index in [4.69, 9.17) is 0 Å². The summed E-state index contributed by atoms with van der Waals surface area (Å²) >= 11 is 0. The Morgan fingerprint density at radius 2 is 1.95 bits per heavy atom. The average molecular weight is 334 g/mol. The maximum Gasteiger partial charge on any atom is 0.308 e. The Labute approximate surface area is 131 Å². The molecule has 1 heterocycles. The van der Waals surface area contributed by atoms with Crippen molar-refractivity contribution in [3.8, 4) is 0 Å². The van der Waals surface area contributed by atoms with Crippen molar-refractivity contribution in [1.29, 1.82) is 0 Å². The quantitative estimate of drug-likeness (QED) is 0.880. The third-order valence-electron chi connectivity index (χ3n) is 3.72. The van der Waals surface area contributed by atoms with Gasteiger partial charge in [0.2, 0.25) is 0 Å². The molecule has 2 unspecified atom stereocenters. The highest BCUT2D eigenvalue weighted by atomic mass is 35.5. The average Bonchev–Trinajstić information content (AvgIpc) is 2.87. The van der Waals surface area contributed by atoms with Gasteiger partial charge in [-0.3, -0.25) is 4.79 Å². The van der Waals surface area contributed by atoms with E-state index in [1.807, 2.05) is 0 Å². The van der Waals surface area contributed by atoms with Gasteiger partial charge in [-0.25, -0.2) is 8.42 Å². The Balaban J connectivity index is 0.00000220. The van der Waals surface area contributed by atoms with Crippen LogP contribution in [0.3, 0.4) is 0 Å². The number of hydrogen-bond donors (Lipinski definition) is 2. The molecule has 1 fully saturated rings. The van der Waals surface area contributed by atoms with Crippen LogP contribution in [-0.2, 0) is 14.6 Å². The number of nitrogens with one attached hydrogen (secondary N) is 1. The molecule has 2 N–H and O–H groups in total. The highest BCUT2D eigenvalue weighted by molar-refractivity contribution is 7.92. The van der Waals surface area contributed by atoms with Crippen LogP contribution in [0.2, 0.25) is 0 Å². The maximum atomic E-state index is 12.4. The van der Waals surface area contributed by atoms with E-state index in [0.29, 0.717) is 18.5 Å². The van der Waals surface area contributed by atoms with Crippen LogP contribution in [0.4, 0.5) is 0 Å². The first-order valence-corrected chi connectivity index (χ1v) is 8.19. The van der Waals surface area contributed by atoms with Crippen LogP contribution >= 0.6 is 12.4 Å². The number of aliphatic carboxylic acids is 1. The highest BCUT2D eigenvalue weighted by Gasteiger charge is 2.37. The van der Waals surface area contributed by atoms with Crippen LogP contribution in [0.1, 0.15) is 31.9 Å². The largest absolute Gasteiger partial charge is 0.481 e. The molecule has 118 valence electrons. The fourth-order valence-electron chi connectivity index (χ4n) is 2.55. The molecule has 0 saturated carbocycles. The van der Waals surface area contributed by atoms with Crippen LogP contribution in [0.15, 0.2) is 29.2 Å². The number of rotatable bonds is 4. The minimum atomic E-state index is -3.43. The standard InChI is InChI=1S/C14H19NO4S.ClH/c1-9(2)20(18,19)12-6-4-3-5-10(12)13-11(14(16)17)7-8-15-13;/h3-6,9,11,13,15H,7-8H2,1-2H3,(H,16,17);1H. The van der Waals surface area contributed by atoms with E-state index in [-0.39, 0.29) is 17.3 Å². The lowest BCUT2D eigenvalue weighted by Crippen LogP contribution is -2.26. The number of carboxylic acid groups (broad SMARTS) is 1. The smallest absolute Gasteiger partial charge is 0.308 e.